The van der Waals surface area contributed by atoms with Crippen LogP contribution in [-0.2, 0) is 4.79 Å². The molecule has 18 heavy (non-hydrogen) atoms. The number of hydrogen-bond donors (Lipinski definition) is 1. The predicted octanol–water partition coefficient (Wildman–Crippen LogP) is 4.87. The molecule has 1 saturated carbocycles. The first-order valence-electron chi connectivity index (χ1n) is 7.91. The highest BCUT2D eigenvalue weighted by Crippen LogP contribution is 2.39. The Kier molecular flexibility index (Phi) is 7.38. The molecule has 0 aromatic carbocycles. The van der Waals surface area contributed by atoms with E-state index in [-0.39, 0.29) is 5.92 Å². The summed E-state index contributed by atoms with van der Waals surface area (Å²) in [6.45, 7) is 4.47. The summed E-state index contributed by atoms with van der Waals surface area (Å²) in [4.78, 5) is 11.1. The first-order valence-corrected chi connectivity index (χ1v) is 7.91. The molecule has 1 aliphatic carbocycles. The Morgan fingerprint density at radius 1 is 1.00 bits per heavy atom. The molecule has 3 atom stereocenters. The zero-order chi connectivity index (χ0) is 13.4. The maximum absolute atomic E-state index is 11.1. The molecule has 0 heterocycles. The Labute approximate surface area is 112 Å². The van der Waals surface area contributed by atoms with Gasteiger partial charge in [-0.2, -0.15) is 0 Å². The van der Waals surface area contributed by atoms with Crippen LogP contribution < -0.4 is 0 Å². The Morgan fingerprint density at radius 2 is 1.67 bits per heavy atom. The third-order valence-electron chi connectivity index (χ3n) is 4.60. The summed E-state index contributed by atoms with van der Waals surface area (Å²) in [6, 6.07) is 0. The lowest BCUT2D eigenvalue weighted by Gasteiger charge is -2.35. The molecule has 2 heteroatoms. The van der Waals surface area contributed by atoms with E-state index in [0.29, 0.717) is 5.92 Å². The number of carboxylic acid groups (broad SMARTS) is 1. The van der Waals surface area contributed by atoms with Crippen molar-refractivity contribution < 1.29 is 9.90 Å². The van der Waals surface area contributed by atoms with E-state index < -0.39 is 5.97 Å². The van der Waals surface area contributed by atoms with E-state index in [1.807, 2.05) is 0 Å². The summed E-state index contributed by atoms with van der Waals surface area (Å²) in [5.74, 6) is 0.855. The molecule has 0 bridgehead atoms. The fraction of sp³-hybridized carbons (Fsp3) is 0.938. The molecule has 0 aliphatic heterocycles. The van der Waals surface area contributed by atoms with E-state index in [9.17, 15) is 9.90 Å². The molecule has 0 aromatic rings. The molecule has 1 rings (SSSR count). The van der Waals surface area contributed by atoms with Gasteiger partial charge in [-0.25, -0.2) is 0 Å². The van der Waals surface area contributed by atoms with Crippen molar-refractivity contribution in [3.63, 3.8) is 0 Å². The molecular formula is C16H30O2. The van der Waals surface area contributed by atoms with Crippen molar-refractivity contribution in [3.05, 3.63) is 0 Å². The topological polar surface area (TPSA) is 37.3 Å². The molecule has 106 valence electrons. The van der Waals surface area contributed by atoms with Crippen LogP contribution in [-0.4, -0.2) is 11.1 Å². The van der Waals surface area contributed by atoms with Crippen molar-refractivity contribution in [1.29, 1.82) is 0 Å². The minimum atomic E-state index is -0.566. The molecule has 3 unspecified atom stereocenters. The van der Waals surface area contributed by atoms with Crippen LogP contribution >= 0.6 is 0 Å². The molecule has 2 nitrogen and oxygen atoms in total. The first-order chi connectivity index (χ1) is 8.69. The molecule has 0 aromatic heterocycles. The van der Waals surface area contributed by atoms with E-state index in [0.717, 1.165) is 25.2 Å². The highest BCUT2D eigenvalue weighted by Gasteiger charge is 2.32. The molecule has 1 aliphatic rings. The second-order valence-corrected chi connectivity index (χ2v) is 6.01. The highest BCUT2D eigenvalue weighted by molar-refractivity contribution is 5.70. The fourth-order valence-corrected chi connectivity index (χ4v) is 3.41. The Balaban J connectivity index is 2.45. The van der Waals surface area contributed by atoms with E-state index >= 15 is 0 Å². The number of hydrogen-bond acceptors (Lipinski definition) is 1. The quantitative estimate of drug-likeness (QED) is 0.627. The maximum Gasteiger partial charge on any atom is 0.306 e. The Hall–Kier alpha value is -0.530. The van der Waals surface area contributed by atoms with Crippen LogP contribution in [0.4, 0.5) is 0 Å². The second-order valence-electron chi connectivity index (χ2n) is 6.01. The van der Waals surface area contributed by atoms with Crippen molar-refractivity contribution in [2.45, 2.75) is 78.1 Å². The minimum absolute atomic E-state index is 0.0609. The zero-order valence-corrected chi connectivity index (χ0v) is 12.2. The van der Waals surface area contributed by atoms with Crippen LogP contribution in [0.1, 0.15) is 78.1 Å². The number of aliphatic carboxylic acids is 1. The van der Waals surface area contributed by atoms with E-state index in [1.165, 1.54) is 44.9 Å². The largest absolute Gasteiger partial charge is 0.481 e. The molecule has 1 N–H and O–H groups in total. The van der Waals surface area contributed by atoms with Crippen LogP contribution in [0.25, 0.3) is 0 Å². The average Bonchev–Trinajstić information content (AvgIpc) is 2.37. The van der Waals surface area contributed by atoms with Gasteiger partial charge in [0, 0.05) is 0 Å². The fourth-order valence-electron chi connectivity index (χ4n) is 3.41. The van der Waals surface area contributed by atoms with Gasteiger partial charge < -0.3 is 5.11 Å². The van der Waals surface area contributed by atoms with Gasteiger partial charge in [0.15, 0.2) is 0 Å². The molecule has 0 radical (unpaired) electrons. The van der Waals surface area contributed by atoms with E-state index in [2.05, 4.69) is 13.8 Å². The predicted molar refractivity (Wildman–Crippen MR) is 75.6 cm³/mol. The number of rotatable bonds is 8. The number of unbranched alkanes of at least 4 members (excludes halogenated alkanes) is 3. The first kappa shape index (κ1) is 15.5. The highest BCUT2D eigenvalue weighted by atomic mass is 16.4. The smallest absolute Gasteiger partial charge is 0.306 e. The molecule has 0 amide bonds. The summed E-state index contributed by atoms with van der Waals surface area (Å²) in [6.07, 6.45) is 12.0. The van der Waals surface area contributed by atoms with Gasteiger partial charge in [-0.1, -0.05) is 58.8 Å². The molecule has 0 saturated heterocycles. The van der Waals surface area contributed by atoms with Gasteiger partial charge in [-0.05, 0) is 31.1 Å². The summed E-state index contributed by atoms with van der Waals surface area (Å²) >= 11 is 0. The molecular weight excluding hydrogens is 224 g/mol. The lowest BCUT2D eigenvalue weighted by atomic mass is 9.70. The van der Waals surface area contributed by atoms with Crippen LogP contribution in [0.2, 0.25) is 0 Å². The minimum Gasteiger partial charge on any atom is -0.481 e. The van der Waals surface area contributed by atoms with Crippen molar-refractivity contribution in [3.8, 4) is 0 Å². The molecule has 0 spiro atoms. The number of carboxylic acids is 1. The Morgan fingerprint density at radius 3 is 2.28 bits per heavy atom. The lowest BCUT2D eigenvalue weighted by Crippen LogP contribution is -2.29. The van der Waals surface area contributed by atoms with Gasteiger partial charge in [-0.3, -0.25) is 4.79 Å². The van der Waals surface area contributed by atoms with Crippen molar-refractivity contribution >= 4 is 5.97 Å². The monoisotopic (exact) mass is 254 g/mol. The lowest BCUT2D eigenvalue weighted by molar-refractivity contribution is -0.144. The van der Waals surface area contributed by atoms with Gasteiger partial charge in [0.1, 0.15) is 0 Å². The van der Waals surface area contributed by atoms with Gasteiger partial charge in [-0.15, -0.1) is 0 Å². The summed E-state index contributed by atoms with van der Waals surface area (Å²) in [5, 5.41) is 9.18. The van der Waals surface area contributed by atoms with Crippen LogP contribution in [0.15, 0.2) is 0 Å². The molecule has 1 fully saturated rings. The average molecular weight is 254 g/mol. The van der Waals surface area contributed by atoms with Crippen molar-refractivity contribution in [2.75, 3.05) is 0 Å². The third-order valence-corrected chi connectivity index (χ3v) is 4.60. The second kappa shape index (κ2) is 8.55. The summed E-state index contributed by atoms with van der Waals surface area (Å²) in [7, 11) is 0. The van der Waals surface area contributed by atoms with E-state index in [1.54, 1.807) is 0 Å². The standard InChI is InChI=1S/C16H30O2/c1-3-5-7-9-13-10-11-15(16(17)18)12-14(13)8-6-4-2/h13-15H,3-12H2,1-2H3,(H,17,18). The van der Waals surface area contributed by atoms with Crippen LogP contribution in [0, 0.1) is 17.8 Å². The summed E-state index contributed by atoms with van der Waals surface area (Å²) in [5.41, 5.74) is 0. The van der Waals surface area contributed by atoms with Gasteiger partial charge in [0.05, 0.1) is 5.92 Å². The normalized spacial score (nSPS) is 28.2. The number of carbonyl (C=O) groups is 1. The SMILES string of the molecule is CCCCCC1CCC(C(=O)O)CC1CCCC. The van der Waals surface area contributed by atoms with E-state index in [4.69, 9.17) is 0 Å². The zero-order valence-electron chi connectivity index (χ0n) is 12.2. The van der Waals surface area contributed by atoms with Crippen LogP contribution in [0.5, 0.6) is 0 Å². The Bertz CT molecular complexity index is 237. The van der Waals surface area contributed by atoms with Gasteiger partial charge >= 0.3 is 5.97 Å². The van der Waals surface area contributed by atoms with Crippen molar-refractivity contribution in [1.82, 2.24) is 0 Å². The van der Waals surface area contributed by atoms with Gasteiger partial charge in [0.25, 0.3) is 0 Å². The van der Waals surface area contributed by atoms with Crippen molar-refractivity contribution in [2.24, 2.45) is 17.8 Å². The summed E-state index contributed by atoms with van der Waals surface area (Å²) < 4.78 is 0. The van der Waals surface area contributed by atoms with Crippen LogP contribution in [0.3, 0.4) is 0 Å². The maximum atomic E-state index is 11.1. The van der Waals surface area contributed by atoms with Gasteiger partial charge in [0.2, 0.25) is 0 Å². The third kappa shape index (κ3) is 4.99.